The monoisotopic (exact) mass is 338 g/mol. The number of hydrogen-bond acceptors (Lipinski definition) is 3. The minimum absolute atomic E-state index is 0.459. The molecule has 0 N–H and O–H groups in total. The van der Waals surface area contributed by atoms with Crippen molar-refractivity contribution < 1.29 is 9.47 Å². The van der Waals surface area contributed by atoms with Gasteiger partial charge in [-0.2, -0.15) is 11.8 Å². The molecular formula is C12H16BrClO2S. The van der Waals surface area contributed by atoms with Crippen LogP contribution in [0.3, 0.4) is 0 Å². The van der Waals surface area contributed by atoms with Gasteiger partial charge in [-0.05, 0) is 39.4 Å². The van der Waals surface area contributed by atoms with Gasteiger partial charge in [0.2, 0.25) is 0 Å². The third-order valence-corrected chi connectivity index (χ3v) is 3.88. The highest BCUT2D eigenvalue weighted by Crippen LogP contribution is 2.37. The highest BCUT2D eigenvalue weighted by Gasteiger charge is 2.11. The van der Waals surface area contributed by atoms with E-state index in [-0.39, 0.29) is 0 Å². The molecule has 0 radical (unpaired) electrons. The topological polar surface area (TPSA) is 18.5 Å². The van der Waals surface area contributed by atoms with E-state index in [1.165, 1.54) is 0 Å². The standard InChI is InChI=1S/C12H16BrClO2S/c1-3-17-5-4-16-12-10(13)6-9(8-14)7-11(12)15-2/h6-7H,3-5,8H2,1-2H3. The number of alkyl halides is 1. The number of thioether (sulfide) groups is 1. The Morgan fingerprint density at radius 2 is 2.18 bits per heavy atom. The maximum absolute atomic E-state index is 5.81. The van der Waals surface area contributed by atoms with E-state index in [1.807, 2.05) is 23.9 Å². The fourth-order valence-electron chi connectivity index (χ4n) is 1.34. The lowest BCUT2D eigenvalue weighted by Gasteiger charge is -2.13. The SMILES string of the molecule is CCSCCOc1c(Br)cc(CCl)cc1OC. The van der Waals surface area contributed by atoms with Gasteiger partial charge in [0.05, 0.1) is 18.2 Å². The summed E-state index contributed by atoms with van der Waals surface area (Å²) in [7, 11) is 1.63. The molecule has 0 spiro atoms. The van der Waals surface area contributed by atoms with Crippen molar-refractivity contribution >= 4 is 39.3 Å². The van der Waals surface area contributed by atoms with E-state index < -0.39 is 0 Å². The zero-order chi connectivity index (χ0) is 12.7. The van der Waals surface area contributed by atoms with Crippen molar-refractivity contribution in [3.63, 3.8) is 0 Å². The predicted octanol–water partition coefficient (Wildman–Crippen LogP) is 4.33. The van der Waals surface area contributed by atoms with E-state index in [2.05, 4.69) is 22.9 Å². The second kappa shape index (κ2) is 8.11. The van der Waals surface area contributed by atoms with Crippen molar-refractivity contribution in [3.05, 3.63) is 22.2 Å². The van der Waals surface area contributed by atoms with Crippen molar-refractivity contribution in [1.82, 2.24) is 0 Å². The third-order valence-electron chi connectivity index (χ3n) is 2.12. The van der Waals surface area contributed by atoms with Crippen LogP contribution >= 0.6 is 39.3 Å². The lowest BCUT2D eigenvalue weighted by Crippen LogP contribution is -2.03. The van der Waals surface area contributed by atoms with Gasteiger partial charge < -0.3 is 9.47 Å². The Hall–Kier alpha value is -0.0600. The molecular weight excluding hydrogens is 324 g/mol. The van der Waals surface area contributed by atoms with E-state index in [0.717, 1.165) is 33.0 Å². The molecule has 0 heterocycles. The summed E-state index contributed by atoms with van der Waals surface area (Å²) in [5.41, 5.74) is 1.01. The molecule has 1 rings (SSSR count). The molecule has 0 amide bonds. The van der Waals surface area contributed by atoms with Crippen LogP contribution in [0.1, 0.15) is 12.5 Å². The van der Waals surface area contributed by atoms with Gasteiger partial charge in [0.15, 0.2) is 11.5 Å². The van der Waals surface area contributed by atoms with Crippen LogP contribution in [-0.4, -0.2) is 25.2 Å². The van der Waals surface area contributed by atoms with Crippen LogP contribution in [-0.2, 0) is 5.88 Å². The van der Waals surface area contributed by atoms with Crippen molar-refractivity contribution in [2.24, 2.45) is 0 Å². The molecule has 2 nitrogen and oxygen atoms in total. The van der Waals surface area contributed by atoms with Crippen LogP contribution in [0.15, 0.2) is 16.6 Å². The second-order valence-corrected chi connectivity index (χ2v) is 5.80. The summed E-state index contributed by atoms with van der Waals surface area (Å²) in [6, 6.07) is 3.86. The summed E-state index contributed by atoms with van der Waals surface area (Å²) in [6.07, 6.45) is 0. The summed E-state index contributed by atoms with van der Waals surface area (Å²) in [4.78, 5) is 0. The molecule has 1 aromatic rings. The highest BCUT2D eigenvalue weighted by atomic mass is 79.9. The number of ether oxygens (including phenoxy) is 2. The molecule has 0 aromatic heterocycles. The Morgan fingerprint density at radius 3 is 2.76 bits per heavy atom. The molecule has 17 heavy (non-hydrogen) atoms. The molecule has 0 saturated heterocycles. The van der Waals surface area contributed by atoms with E-state index in [1.54, 1.807) is 7.11 Å². The van der Waals surface area contributed by atoms with Crippen LogP contribution in [0.4, 0.5) is 0 Å². The number of benzene rings is 1. The van der Waals surface area contributed by atoms with E-state index in [4.69, 9.17) is 21.1 Å². The van der Waals surface area contributed by atoms with Gasteiger partial charge >= 0.3 is 0 Å². The van der Waals surface area contributed by atoms with Crippen molar-refractivity contribution in [2.45, 2.75) is 12.8 Å². The molecule has 0 aliphatic rings. The smallest absolute Gasteiger partial charge is 0.175 e. The van der Waals surface area contributed by atoms with Crippen molar-refractivity contribution in [2.75, 3.05) is 25.2 Å². The zero-order valence-corrected chi connectivity index (χ0v) is 13.1. The van der Waals surface area contributed by atoms with Gasteiger partial charge in [-0.1, -0.05) is 6.92 Å². The first kappa shape index (κ1) is 15.0. The minimum Gasteiger partial charge on any atom is -0.493 e. The zero-order valence-electron chi connectivity index (χ0n) is 9.96. The molecule has 0 aliphatic heterocycles. The van der Waals surface area contributed by atoms with Gasteiger partial charge in [0, 0.05) is 11.6 Å². The van der Waals surface area contributed by atoms with Gasteiger partial charge in [-0.15, -0.1) is 11.6 Å². The summed E-state index contributed by atoms with van der Waals surface area (Å²) in [5.74, 6) is 4.01. The Bertz CT molecular complexity index is 361. The first-order valence-electron chi connectivity index (χ1n) is 5.35. The Balaban J connectivity index is 2.75. The van der Waals surface area contributed by atoms with Crippen LogP contribution < -0.4 is 9.47 Å². The maximum Gasteiger partial charge on any atom is 0.175 e. The summed E-state index contributed by atoms with van der Waals surface area (Å²) in [6.45, 7) is 2.81. The van der Waals surface area contributed by atoms with Gasteiger partial charge in [0.25, 0.3) is 0 Å². The van der Waals surface area contributed by atoms with Crippen LogP contribution in [0, 0.1) is 0 Å². The number of methoxy groups -OCH3 is 1. The molecule has 0 atom stereocenters. The summed E-state index contributed by atoms with van der Waals surface area (Å²) in [5, 5.41) is 0. The van der Waals surface area contributed by atoms with Gasteiger partial charge in [-0.25, -0.2) is 0 Å². The normalized spacial score (nSPS) is 10.4. The van der Waals surface area contributed by atoms with Gasteiger partial charge in [0.1, 0.15) is 0 Å². The summed E-state index contributed by atoms with van der Waals surface area (Å²) < 4.78 is 11.9. The maximum atomic E-state index is 5.81. The lowest BCUT2D eigenvalue weighted by molar-refractivity contribution is 0.311. The average molecular weight is 340 g/mol. The number of hydrogen-bond donors (Lipinski definition) is 0. The van der Waals surface area contributed by atoms with Gasteiger partial charge in [-0.3, -0.25) is 0 Å². The van der Waals surface area contributed by atoms with E-state index in [9.17, 15) is 0 Å². The first-order valence-corrected chi connectivity index (χ1v) is 7.84. The molecule has 5 heteroatoms. The van der Waals surface area contributed by atoms with Crippen LogP contribution in [0.25, 0.3) is 0 Å². The first-order chi connectivity index (χ1) is 8.22. The fourth-order valence-corrected chi connectivity index (χ4v) is 2.59. The molecule has 96 valence electrons. The third kappa shape index (κ3) is 4.60. The largest absolute Gasteiger partial charge is 0.493 e. The quantitative estimate of drug-likeness (QED) is 0.544. The van der Waals surface area contributed by atoms with Crippen molar-refractivity contribution in [1.29, 1.82) is 0 Å². The molecule has 0 fully saturated rings. The minimum atomic E-state index is 0.459. The predicted molar refractivity (Wildman–Crippen MR) is 78.7 cm³/mol. The Kier molecular flexibility index (Phi) is 7.16. The average Bonchev–Trinajstić information content (AvgIpc) is 2.35. The lowest BCUT2D eigenvalue weighted by atomic mass is 10.2. The van der Waals surface area contributed by atoms with Crippen molar-refractivity contribution in [3.8, 4) is 11.5 Å². The highest BCUT2D eigenvalue weighted by molar-refractivity contribution is 9.10. The Morgan fingerprint density at radius 1 is 1.41 bits per heavy atom. The Labute approximate surface area is 120 Å². The molecule has 0 saturated carbocycles. The molecule has 0 bridgehead atoms. The molecule has 0 aliphatic carbocycles. The summed E-state index contributed by atoms with van der Waals surface area (Å²) >= 11 is 11.1. The number of halogens is 2. The van der Waals surface area contributed by atoms with Crippen LogP contribution in [0.2, 0.25) is 0 Å². The van der Waals surface area contributed by atoms with E-state index >= 15 is 0 Å². The molecule has 0 unspecified atom stereocenters. The fraction of sp³-hybridized carbons (Fsp3) is 0.500. The second-order valence-electron chi connectivity index (χ2n) is 3.29. The molecule has 1 aromatic carbocycles. The van der Waals surface area contributed by atoms with E-state index in [0.29, 0.717) is 12.5 Å². The number of rotatable bonds is 7. The van der Waals surface area contributed by atoms with Crippen LogP contribution in [0.5, 0.6) is 11.5 Å².